The number of rotatable bonds is 1. The van der Waals surface area contributed by atoms with Gasteiger partial charge in [-0.3, -0.25) is 14.8 Å². The first-order chi connectivity index (χ1) is 8.38. The molecule has 1 N–H and O–H groups in total. The first-order valence-electron chi connectivity index (χ1n) is 6.31. The topological polar surface area (TPSA) is 65.1 Å². The molecule has 0 atom stereocenters. The van der Waals surface area contributed by atoms with Gasteiger partial charge < -0.3 is 4.90 Å². The molecule has 0 aliphatic carbocycles. The zero-order valence-corrected chi connectivity index (χ0v) is 11.5. The van der Waals surface area contributed by atoms with Gasteiger partial charge in [-0.2, -0.15) is 0 Å². The molecule has 1 aliphatic rings. The average molecular weight is 251 g/mol. The molecule has 100 valence electrons. The highest BCUT2D eigenvalue weighted by molar-refractivity contribution is 5.90. The molecule has 1 amide bonds. The van der Waals surface area contributed by atoms with E-state index in [1.165, 1.54) is 0 Å². The molecule has 0 spiro atoms. The Morgan fingerprint density at radius 3 is 2.28 bits per heavy atom. The van der Waals surface area contributed by atoms with E-state index in [9.17, 15) is 4.79 Å². The summed E-state index contributed by atoms with van der Waals surface area (Å²) in [5, 5.41) is 6.62. The van der Waals surface area contributed by atoms with Gasteiger partial charge in [-0.1, -0.05) is 0 Å². The number of nitrogens with zero attached hydrogens (tertiary/aromatic N) is 4. The summed E-state index contributed by atoms with van der Waals surface area (Å²) in [6.45, 7) is 11.7. The summed E-state index contributed by atoms with van der Waals surface area (Å²) in [7, 11) is 0. The summed E-state index contributed by atoms with van der Waals surface area (Å²) in [6, 6.07) is 0. The minimum atomic E-state index is -0.0760. The van der Waals surface area contributed by atoms with Crippen molar-refractivity contribution in [1.29, 1.82) is 0 Å². The normalized spacial score (nSPS) is 18.1. The van der Waals surface area contributed by atoms with Crippen LogP contribution in [0.1, 0.15) is 37.2 Å². The molecule has 2 heterocycles. The number of aromatic nitrogens is 3. The zero-order valence-electron chi connectivity index (χ0n) is 11.5. The number of H-pyrrole nitrogens is 1. The molecule has 1 fully saturated rings. The van der Waals surface area contributed by atoms with Crippen molar-refractivity contribution in [1.82, 2.24) is 25.0 Å². The fraction of sp³-hybridized carbons (Fsp3) is 0.750. The average Bonchev–Trinajstić information content (AvgIpc) is 2.74. The summed E-state index contributed by atoms with van der Waals surface area (Å²) in [6.07, 6.45) is 0. The van der Waals surface area contributed by atoms with E-state index >= 15 is 0 Å². The smallest absolute Gasteiger partial charge is 0.293 e. The molecule has 0 saturated carbocycles. The largest absolute Gasteiger partial charge is 0.333 e. The lowest BCUT2D eigenvalue weighted by Crippen LogP contribution is -2.54. The first-order valence-corrected chi connectivity index (χ1v) is 6.31. The van der Waals surface area contributed by atoms with Crippen LogP contribution in [0.3, 0.4) is 0 Å². The third kappa shape index (κ3) is 2.69. The maximum atomic E-state index is 12.1. The first kappa shape index (κ1) is 13.0. The van der Waals surface area contributed by atoms with Gasteiger partial charge in [0, 0.05) is 31.7 Å². The monoisotopic (exact) mass is 251 g/mol. The van der Waals surface area contributed by atoms with Gasteiger partial charge in [0.15, 0.2) is 0 Å². The molecular formula is C12H21N5O. The summed E-state index contributed by atoms with van der Waals surface area (Å²) in [5.74, 6) is 0.872. The van der Waals surface area contributed by atoms with Crippen LogP contribution >= 0.6 is 0 Å². The Kier molecular flexibility index (Phi) is 3.38. The second-order valence-corrected chi connectivity index (χ2v) is 5.69. The van der Waals surface area contributed by atoms with Crippen molar-refractivity contribution in [3.05, 3.63) is 11.6 Å². The van der Waals surface area contributed by atoms with Crippen molar-refractivity contribution in [2.75, 3.05) is 26.2 Å². The minimum absolute atomic E-state index is 0.0760. The minimum Gasteiger partial charge on any atom is -0.333 e. The fourth-order valence-corrected chi connectivity index (χ4v) is 2.16. The molecule has 6 heteroatoms. The molecule has 1 saturated heterocycles. The number of aryl methyl sites for hydroxylation is 1. The van der Waals surface area contributed by atoms with Crippen LogP contribution in [-0.4, -0.2) is 62.6 Å². The molecule has 18 heavy (non-hydrogen) atoms. The third-order valence-electron chi connectivity index (χ3n) is 3.30. The third-order valence-corrected chi connectivity index (χ3v) is 3.30. The predicted molar refractivity (Wildman–Crippen MR) is 68.3 cm³/mol. The molecular weight excluding hydrogens is 230 g/mol. The molecule has 2 rings (SSSR count). The van der Waals surface area contributed by atoms with Crippen molar-refractivity contribution in [2.24, 2.45) is 0 Å². The Morgan fingerprint density at radius 1 is 1.22 bits per heavy atom. The number of piperazine rings is 1. The van der Waals surface area contributed by atoms with Gasteiger partial charge in [0.05, 0.1) is 0 Å². The van der Waals surface area contributed by atoms with Crippen molar-refractivity contribution in [3.63, 3.8) is 0 Å². The lowest BCUT2D eigenvalue weighted by atomic mass is 10.0. The Hall–Kier alpha value is -1.43. The SMILES string of the molecule is Cc1nc(C(=O)N2CCN(C(C)(C)C)CC2)n[nH]1. The number of hydrogen-bond acceptors (Lipinski definition) is 4. The van der Waals surface area contributed by atoms with Crippen LogP contribution in [0, 0.1) is 6.92 Å². The van der Waals surface area contributed by atoms with Crippen molar-refractivity contribution < 1.29 is 4.79 Å². The van der Waals surface area contributed by atoms with E-state index in [-0.39, 0.29) is 17.3 Å². The van der Waals surface area contributed by atoms with Gasteiger partial charge in [0.2, 0.25) is 5.82 Å². The van der Waals surface area contributed by atoms with Gasteiger partial charge in [-0.15, -0.1) is 5.10 Å². The molecule has 1 aromatic rings. The number of aromatic amines is 1. The standard InChI is InChI=1S/C12H21N5O/c1-9-13-10(15-14-9)11(18)16-5-7-17(8-6-16)12(2,3)4/h5-8H2,1-4H3,(H,13,14,15). The Morgan fingerprint density at radius 2 is 1.83 bits per heavy atom. The second kappa shape index (κ2) is 4.68. The highest BCUT2D eigenvalue weighted by Gasteiger charge is 2.29. The van der Waals surface area contributed by atoms with Crippen molar-refractivity contribution in [2.45, 2.75) is 33.2 Å². The van der Waals surface area contributed by atoms with Gasteiger partial charge in [-0.05, 0) is 27.7 Å². The number of carbonyl (C=O) groups is 1. The van der Waals surface area contributed by atoms with E-state index in [1.807, 2.05) is 4.90 Å². The molecule has 0 radical (unpaired) electrons. The van der Waals surface area contributed by atoms with Gasteiger partial charge in [0.1, 0.15) is 5.82 Å². The van der Waals surface area contributed by atoms with Crippen molar-refractivity contribution >= 4 is 5.91 Å². The molecule has 0 bridgehead atoms. The lowest BCUT2D eigenvalue weighted by Gasteiger charge is -2.41. The zero-order chi connectivity index (χ0) is 13.3. The Bertz CT molecular complexity index is 426. The van der Waals surface area contributed by atoms with Crippen LogP contribution in [0.2, 0.25) is 0 Å². The highest BCUT2D eigenvalue weighted by atomic mass is 16.2. The van der Waals surface area contributed by atoms with Gasteiger partial charge in [0.25, 0.3) is 5.91 Å². The van der Waals surface area contributed by atoms with E-state index in [0.29, 0.717) is 5.82 Å². The summed E-state index contributed by atoms with van der Waals surface area (Å²) < 4.78 is 0. The van der Waals surface area contributed by atoms with E-state index in [1.54, 1.807) is 6.92 Å². The maximum absolute atomic E-state index is 12.1. The number of hydrogen-bond donors (Lipinski definition) is 1. The summed E-state index contributed by atoms with van der Waals surface area (Å²) >= 11 is 0. The molecule has 0 unspecified atom stereocenters. The van der Waals surface area contributed by atoms with Gasteiger partial charge >= 0.3 is 0 Å². The van der Waals surface area contributed by atoms with Crippen LogP contribution < -0.4 is 0 Å². The Balaban J connectivity index is 1.96. The van der Waals surface area contributed by atoms with Crippen LogP contribution in [0.25, 0.3) is 0 Å². The van der Waals surface area contributed by atoms with E-state index in [4.69, 9.17) is 0 Å². The molecule has 1 aromatic heterocycles. The van der Waals surface area contributed by atoms with Crippen LogP contribution in [0.5, 0.6) is 0 Å². The van der Waals surface area contributed by atoms with Crippen LogP contribution in [0.15, 0.2) is 0 Å². The molecule has 6 nitrogen and oxygen atoms in total. The number of carbonyl (C=O) groups excluding carboxylic acids is 1. The van der Waals surface area contributed by atoms with Crippen LogP contribution in [-0.2, 0) is 0 Å². The second-order valence-electron chi connectivity index (χ2n) is 5.69. The number of amides is 1. The summed E-state index contributed by atoms with van der Waals surface area (Å²) in [4.78, 5) is 20.4. The van der Waals surface area contributed by atoms with Crippen molar-refractivity contribution in [3.8, 4) is 0 Å². The van der Waals surface area contributed by atoms with E-state index < -0.39 is 0 Å². The highest BCUT2D eigenvalue weighted by Crippen LogP contribution is 2.16. The quantitative estimate of drug-likeness (QED) is 0.796. The Labute approximate surface area is 107 Å². The van der Waals surface area contributed by atoms with E-state index in [0.717, 1.165) is 26.2 Å². The summed E-state index contributed by atoms with van der Waals surface area (Å²) in [5.41, 5.74) is 0.163. The maximum Gasteiger partial charge on any atom is 0.293 e. The van der Waals surface area contributed by atoms with E-state index in [2.05, 4.69) is 40.9 Å². The van der Waals surface area contributed by atoms with Crippen LogP contribution in [0.4, 0.5) is 0 Å². The lowest BCUT2D eigenvalue weighted by molar-refractivity contribution is 0.0442. The number of nitrogens with one attached hydrogen (secondary N) is 1. The predicted octanol–water partition coefficient (Wildman–Crippen LogP) is 0.669. The molecule has 0 aromatic carbocycles. The molecule has 1 aliphatic heterocycles. The van der Waals surface area contributed by atoms with Gasteiger partial charge in [-0.25, -0.2) is 4.98 Å². The fourth-order valence-electron chi connectivity index (χ4n) is 2.16.